The molecule has 0 bridgehead atoms. The maximum absolute atomic E-state index is 11.3. The maximum atomic E-state index is 11.3. The summed E-state index contributed by atoms with van der Waals surface area (Å²) in [5, 5.41) is 2.40. The Morgan fingerprint density at radius 1 is 1.50 bits per heavy atom. The smallest absolute Gasteiger partial charge is 0.192 e. The van der Waals surface area contributed by atoms with E-state index in [0.29, 0.717) is 11.4 Å². The van der Waals surface area contributed by atoms with Gasteiger partial charge in [0.15, 0.2) is 9.84 Å². The molecule has 0 aliphatic heterocycles. The minimum Gasteiger partial charge on any atom is -0.397 e. The van der Waals surface area contributed by atoms with Crippen molar-refractivity contribution in [2.45, 2.75) is 4.90 Å². The number of alkyl halides is 1. The van der Waals surface area contributed by atoms with Gasteiger partial charge in [-0.05, 0) is 18.2 Å². The van der Waals surface area contributed by atoms with Crippen molar-refractivity contribution in [1.82, 2.24) is 0 Å². The van der Waals surface area contributed by atoms with E-state index in [0.717, 1.165) is 0 Å². The fourth-order valence-corrected chi connectivity index (χ4v) is 2.11. The number of nitrogen functional groups attached to an aromatic ring is 1. The molecule has 0 spiro atoms. The molecule has 6 heteroatoms. The van der Waals surface area contributed by atoms with Crippen LogP contribution in [0.5, 0.6) is 0 Å². The van der Waals surface area contributed by atoms with Crippen LogP contribution in [-0.2, 0) is 9.84 Å². The van der Waals surface area contributed by atoms with Crippen LogP contribution in [0.2, 0.25) is 0 Å². The number of hydrogen-bond acceptors (Lipinski definition) is 4. The molecule has 1 aromatic carbocycles. The zero-order valence-corrected chi connectivity index (χ0v) is 9.19. The van der Waals surface area contributed by atoms with Crippen LogP contribution in [-0.4, -0.2) is 20.7 Å². The molecule has 0 atom stereocenters. The third kappa shape index (κ3) is 2.10. The van der Waals surface area contributed by atoms with Gasteiger partial charge in [0.05, 0.1) is 16.3 Å². The highest BCUT2D eigenvalue weighted by molar-refractivity contribution is 7.92. The summed E-state index contributed by atoms with van der Waals surface area (Å²) in [4.78, 5) is 0.143. The second-order valence-corrected chi connectivity index (χ2v) is 5.30. The van der Waals surface area contributed by atoms with Crippen molar-refractivity contribution in [3.05, 3.63) is 18.2 Å². The van der Waals surface area contributed by atoms with Crippen LogP contribution >= 0.6 is 11.6 Å². The summed E-state index contributed by atoms with van der Waals surface area (Å²) in [5.41, 5.74) is 6.69. The van der Waals surface area contributed by atoms with Crippen molar-refractivity contribution in [2.75, 3.05) is 23.3 Å². The Balaban J connectivity index is 3.22. The Kier molecular flexibility index (Phi) is 3.23. The van der Waals surface area contributed by atoms with Gasteiger partial charge in [0.2, 0.25) is 0 Å². The molecule has 0 saturated heterocycles. The fraction of sp³-hybridized carbons (Fsp3) is 0.250. The minimum absolute atomic E-state index is 0.143. The van der Waals surface area contributed by atoms with Gasteiger partial charge in [0.25, 0.3) is 0 Å². The lowest BCUT2D eigenvalue weighted by Crippen LogP contribution is -2.04. The lowest BCUT2D eigenvalue weighted by molar-refractivity contribution is 0.600. The fourth-order valence-electron chi connectivity index (χ4n) is 1.02. The third-order valence-corrected chi connectivity index (χ3v) is 3.92. The van der Waals surface area contributed by atoms with Crippen molar-refractivity contribution >= 4 is 32.8 Å². The minimum atomic E-state index is -3.39. The highest BCUT2D eigenvalue weighted by atomic mass is 35.5. The van der Waals surface area contributed by atoms with Crippen LogP contribution in [0.3, 0.4) is 0 Å². The summed E-state index contributed by atoms with van der Waals surface area (Å²) >= 11 is 5.31. The van der Waals surface area contributed by atoms with E-state index in [4.69, 9.17) is 17.3 Å². The predicted molar refractivity (Wildman–Crippen MR) is 58.3 cm³/mol. The molecule has 0 fully saturated rings. The Morgan fingerprint density at radius 2 is 2.14 bits per heavy atom. The molecule has 78 valence electrons. The van der Waals surface area contributed by atoms with Crippen molar-refractivity contribution < 1.29 is 8.42 Å². The van der Waals surface area contributed by atoms with Crippen LogP contribution in [0.15, 0.2) is 23.1 Å². The van der Waals surface area contributed by atoms with Crippen LogP contribution in [0.4, 0.5) is 11.4 Å². The van der Waals surface area contributed by atoms with E-state index >= 15 is 0 Å². The number of nitrogens with one attached hydrogen (secondary N) is 1. The van der Waals surface area contributed by atoms with Gasteiger partial charge >= 0.3 is 0 Å². The normalized spacial score (nSPS) is 11.3. The molecular formula is C8H11ClN2O2S. The number of rotatable bonds is 3. The van der Waals surface area contributed by atoms with Gasteiger partial charge in [-0.2, -0.15) is 0 Å². The van der Waals surface area contributed by atoms with Gasteiger partial charge in [0, 0.05) is 7.05 Å². The molecule has 0 aliphatic rings. The predicted octanol–water partition coefficient (Wildman–Crippen LogP) is 1.28. The summed E-state index contributed by atoms with van der Waals surface area (Å²) in [6.45, 7) is 0. The number of nitrogens with two attached hydrogens (primary N) is 1. The van der Waals surface area contributed by atoms with Crippen molar-refractivity contribution in [3.63, 3.8) is 0 Å². The van der Waals surface area contributed by atoms with E-state index in [9.17, 15) is 8.42 Å². The number of hydrogen-bond donors (Lipinski definition) is 2. The molecule has 1 aromatic rings. The van der Waals surface area contributed by atoms with Crippen molar-refractivity contribution in [1.29, 1.82) is 0 Å². The van der Waals surface area contributed by atoms with Crippen LogP contribution < -0.4 is 11.1 Å². The Morgan fingerprint density at radius 3 is 2.57 bits per heavy atom. The second-order valence-electron chi connectivity index (χ2n) is 2.72. The van der Waals surface area contributed by atoms with Crippen LogP contribution in [0, 0.1) is 0 Å². The first-order valence-electron chi connectivity index (χ1n) is 3.87. The highest BCUT2D eigenvalue weighted by Gasteiger charge is 2.13. The second kappa shape index (κ2) is 4.06. The molecule has 14 heavy (non-hydrogen) atoms. The van der Waals surface area contributed by atoms with E-state index in [2.05, 4.69) is 5.32 Å². The maximum Gasteiger partial charge on any atom is 0.192 e. The number of anilines is 2. The van der Waals surface area contributed by atoms with Gasteiger partial charge in [-0.1, -0.05) is 0 Å². The molecule has 1 rings (SSSR count). The summed E-state index contributed by atoms with van der Waals surface area (Å²) in [7, 11) is -1.68. The Bertz CT molecular complexity index is 431. The molecule has 0 unspecified atom stereocenters. The molecule has 0 radical (unpaired) electrons. The highest BCUT2D eigenvalue weighted by Crippen LogP contribution is 2.22. The summed E-state index contributed by atoms with van der Waals surface area (Å²) in [6.07, 6.45) is 0. The first kappa shape index (κ1) is 11.1. The molecule has 0 aromatic heterocycles. The van der Waals surface area contributed by atoms with E-state index in [-0.39, 0.29) is 4.90 Å². The average Bonchev–Trinajstić information content (AvgIpc) is 2.17. The molecule has 0 heterocycles. The first-order chi connectivity index (χ1) is 6.51. The average molecular weight is 235 g/mol. The molecular weight excluding hydrogens is 224 g/mol. The standard InChI is InChI=1S/C8H11ClN2O2S/c1-11-8-3-2-6(4-7(8)10)14(12,13)5-9/h2-4,11H,5,10H2,1H3. The Labute approximate surface area is 88.0 Å². The molecule has 0 saturated carbocycles. The summed E-state index contributed by atoms with van der Waals surface area (Å²) in [6, 6.07) is 4.47. The van der Waals surface area contributed by atoms with E-state index < -0.39 is 15.0 Å². The van der Waals surface area contributed by atoms with Gasteiger partial charge < -0.3 is 11.1 Å². The zero-order valence-electron chi connectivity index (χ0n) is 7.62. The van der Waals surface area contributed by atoms with Gasteiger partial charge in [0.1, 0.15) is 5.21 Å². The topological polar surface area (TPSA) is 72.2 Å². The zero-order chi connectivity index (χ0) is 10.8. The Hall–Kier alpha value is -0.940. The lowest BCUT2D eigenvalue weighted by atomic mass is 10.3. The summed E-state index contributed by atoms with van der Waals surface area (Å²) in [5.74, 6) is 0. The van der Waals surface area contributed by atoms with E-state index in [1.165, 1.54) is 12.1 Å². The SMILES string of the molecule is CNc1ccc(S(=O)(=O)CCl)cc1N. The van der Waals surface area contributed by atoms with Crippen LogP contribution in [0.25, 0.3) is 0 Å². The van der Waals surface area contributed by atoms with Crippen molar-refractivity contribution in [3.8, 4) is 0 Å². The molecule has 3 N–H and O–H groups in total. The van der Waals surface area contributed by atoms with Gasteiger partial charge in [-0.25, -0.2) is 8.42 Å². The number of sulfone groups is 1. The quantitative estimate of drug-likeness (QED) is 0.611. The third-order valence-electron chi connectivity index (χ3n) is 1.80. The van der Waals surface area contributed by atoms with Crippen LogP contribution in [0.1, 0.15) is 0 Å². The van der Waals surface area contributed by atoms with E-state index in [1.807, 2.05) is 0 Å². The largest absolute Gasteiger partial charge is 0.397 e. The molecule has 4 nitrogen and oxygen atoms in total. The summed E-state index contributed by atoms with van der Waals surface area (Å²) < 4.78 is 22.7. The number of halogens is 1. The van der Waals surface area contributed by atoms with Gasteiger partial charge in [-0.3, -0.25) is 0 Å². The van der Waals surface area contributed by atoms with E-state index in [1.54, 1.807) is 13.1 Å². The van der Waals surface area contributed by atoms with Crippen molar-refractivity contribution in [2.24, 2.45) is 0 Å². The molecule has 0 amide bonds. The number of benzene rings is 1. The monoisotopic (exact) mass is 234 g/mol. The van der Waals surface area contributed by atoms with Gasteiger partial charge in [-0.15, -0.1) is 11.6 Å². The first-order valence-corrected chi connectivity index (χ1v) is 6.06. The molecule has 0 aliphatic carbocycles. The lowest BCUT2D eigenvalue weighted by Gasteiger charge is -2.06.